The molecule has 0 aromatic carbocycles. The molecular formula is C13H17N3O2. The Bertz CT molecular complexity index is 525. The quantitative estimate of drug-likeness (QED) is 0.737. The second kappa shape index (κ2) is 4.24. The zero-order valence-electron chi connectivity index (χ0n) is 10.3. The number of amides is 1. The van der Waals surface area contributed by atoms with Crippen LogP contribution in [0.25, 0.3) is 0 Å². The van der Waals surface area contributed by atoms with Gasteiger partial charge in [-0.2, -0.15) is 0 Å². The highest BCUT2D eigenvalue weighted by atomic mass is 16.2. The van der Waals surface area contributed by atoms with Gasteiger partial charge in [0.05, 0.1) is 0 Å². The molecule has 0 bridgehead atoms. The van der Waals surface area contributed by atoms with Gasteiger partial charge in [-0.1, -0.05) is 0 Å². The minimum Gasteiger partial charge on any atom is -0.335 e. The molecule has 2 aliphatic rings. The van der Waals surface area contributed by atoms with E-state index in [2.05, 4.69) is 17.2 Å². The Morgan fingerprint density at radius 3 is 3.00 bits per heavy atom. The Labute approximate surface area is 105 Å². The van der Waals surface area contributed by atoms with Crippen molar-refractivity contribution in [2.75, 3.05) is 19.6 Å². The van der Waals surface area contributed by atoms with E-state index in [-0.39, 0.29) is 17.5 Å². The topological polar surface area (TPSA) is 65.2 Å². The van der Waals surface area contributed by atoms with Gasteiger partial charge in [0, 0.05) is 43.5 Å². The molecule has 0 spiro atoms. The predicted octanol–water partition coefficient (Wildman–Crippen LogP) is 0.0548. The van der Waals surface area contributed by atoms with E-state index < -0.39 is 0 Å². The molecule has 5 nitrogen and oxygen atoms in total. The van der Waals surface area contributed by atoms with Crippen molar-refractivity contribution in [3.63, 3.8) is 0 Å². The number of aromatic nitrogens is 1. The molecule has 3 heterocycles. The maximum absolute atomic E-state index is 12.4. The monoisotopic (exact) mass is 247 g/mol. The molecule has 3 atom stereocenters. The fourth-order valence-corrected chi connectivity index (χ4v) is 3.18. The Morgan fingerprint density at radius 1 is 1.44 bits per heavy atom. The number of H-pyrrole nitrogens is 1. The fourth-order valence-electron chi connectivity index (χ4n) is 3.18. The number of carbonyl (C=O) groups excluding carboxylic acids is 1. The summed E-state index contributed by atoms with van der Waals surface area (Å²) < 4.78 is 0. The van der Waals surface area contributed by atoms with Crippen LogP contribution in [0.2, 0.25) is 0 Å². The highest BCUT2D eigenvalue weighted by Crippen LogP contribution is 2.32. The average molecular weight is 247 g/mol. The van der Waals surface area contributed by atoms with Crippen LogP contribution < -0.4 is 10.9 Å². The van der Waals surface area contributed by atoms with Crippen LogP contribution in [0.3, 0.4) is 0 Å². The molecule has 0 aliphatic carbocycles. The minimum atomic E-state index is -0.227. The second-order valence-corrected chi connectivity index (χ2v) is 5.22. The van der Waals surface area contributed by atoms with E-state index in [4.69, 9.17) is 0 Å². The lowest BCUT2D eigenvalue weighted by Gasteiger charge is -2.24. The molecule has 5 heteroatoms. The molecule has 1 amide bonds. The maximum Gasteiger partial charge on any atom is 0.254 e. The van der Waals surface area contributed by atoms with Crippen molar-refractivity contribution < 1.29 is 4.79 Å². The van der Waals surface area contributed by atoms with Crippen molar-refractivity contribution in [2.45, 2.75) is 13.0 Å². The van der Waals surface area contributed by atoms with Gasteiger partial charge in [-0.25, -0.2) is 0 Å². The van der Waals surface area contributed by atoms with E-state index >= 15 is 0 Å². The number of nitrogens with zero attached hydrogens (tertiary/aromatic N) is 1. The zero-order chi connectivity index (χ0) is 12.7. The molecule has 96 valence electrons. The number of aromatic amines is 1. The molecule has 3 rings (SSSR count). The van der Waals surface area contributed by atoms with Crippen LogP contribution in [-0.2, 0) is 0 Å². The van der Waals surface area contributed by atoms with Crippen LogP contribution in [0.4, 0.5) is 0 Å². The smallest absolute Gasteiger partial charge is 0.254 e. The Balaban J connectivity index is 1.84. The lowest BCUT2D eigenvalue weighted by atomic mass is 9.95. The first kappa shape index (κ1) is 11.5. The van der Waals surface area contributed by atoms with Gasteiger partial charge in [0.25, 0.3) is 5.91 Å². The van der Waals surface area contributed by atoms with E-state index in [1.807, 2.05) is 4.90 Å². The van der Waals surface area contributed by atoms with Crippen molar-refractivity contribution in [1.82, 2.24) is 15.2 Å². The van der Waals surface area contributed by atoms with Crippen molar-refractivity contribution in [3.8, 4) is 0 Å². The van der Waals surface area contributed by atoms with Gasteiger partial charge in [-0.05, 0) is 24.8 Å². The average Bonchev–Trinajstić information content (AvgIpc) is 2.92. The van der Waals surface area contributed by atoms with E-state index in [0.717, 1.165) is 19.6 Å². The molecule has 2 N–H and O–H groups in total. The van der Waals surface area contributed by atoms with Crippen LogP contribution in [-0.4, -0.2) is 41.5 Å². The number of fused-ring (bicyclic) bond motifs is 1. The SMILES string of the molecule is CC1C2CNCC2CN1C(=O)c1cc[nH]c(=O)c1. The molecule has 2 saturated heterocycles. The number of hydrogen-bond acceptors (Lipinski definition) is 3. The van der Waals surface area contributed by atoms with Gasteiger partial charge >= 0.3 is 0 Å². The highest BCUT2D eigenvalue weighted by Gasteiger charge is 2.43. The summed E-state index contributed by atoms with van der Waals surface area (Å²) in [6.07, 6.45) is 1.53. The van der Waals surface area contributed by atoms with Gasteiger partial charge in [0.1, 0.15) is 0 Å². The van der Waals surface area contributed by atoms with Crippen molar-refractivity contribution in [1.29, 1.82) is 0 Å². The number of pyridine rings is 1. The fraction of sp³-hybridized carbons (Fsp3) is 0.538. The molecule has 1 aromatic rings. The summed E-state index contributed by atoms with van der Waals surface area (Å²) in [5.74, 6) is 1.09. The summed E-state index contributed by atoms with van der Waals surface area (Å²) in [6, 6.07) is 3.29. The number of carbonyl (C=O) groups is 1. The first-order valence-corrected chi connectivity index (χ1v) is 6.37. The van der Waals surface area contributed by atoms with Gasteiger partial charge in [-0.3, -0.25) is 9.59 Å². The Morgan fingerprint density at radius 2 is 2.28 bits per heavy atom. The van der Waals surface area contributed by atoms with Crippen LogP contribution in [0.1, 0.15) is 17.3 Å². The van der Waals surface area contributed by atoms with Gasteiger partial charge < -0.3 is 15.2 Å². The molecule has 0 radical (unpaired) electrons. The number of rotatable bonds is 1. The normalized spacial score (nSPS) is 30.5. The molecule has 18 heavy (non-hydrogen) atoms. The second-order valence-electron chi connectivity index (χ2n) is 5.22. The van der Waals surface area contributed by atoms with Gasteiger partial charge in [0.2, 0.25) is 5.56 Å². The Hall–Kier alpha value is -1.62. The predicted molar refractivity (Wildman–Crippen MR) is 67.4 cm³/mol. The number of nitrogens with one attached hydrogen (secondary N) is 2. The summed E-state index contributed by atoms with van der Waals surface area (Å²) in [7, 11) is 0. The highest BCUT2D eigenvalue weighted by molar-refractivity contribution is 5.94. The van der Waals surface area contributed by atoms with Crippen LogP contribution >= 0.6 is 0 Å². The lowest BCUT2D eigenvalue weighted by Crippen LogP contribution is -2.38. The van der Waals surface area contributed by atoms with Crippen molar-refractivity contribution >= 4 is 5.91 Å². The van der Waals surface area contributed by atoms with E-state index in [9.17, 15) is 9.59 Å². The van der Waals surface area contributed by atoms with E-state index in [1.165, 1.54) is 12.3 Å². The molecule has 3 unspecified atom stereocenters. The number of likely N-dealkylation sites (tertiary alicyclic amines) is 1. The largest absolute Gasteiger partial charge is 0.335 e. The molecular weight excluding hydrogens is 230 g/mol. The van der Waals surface area contributed by atoms with Crippen molar-refractivity contribution in [3.05, 3.63) is 34.2 Å². The van der Waals surface area contributed by atoms with Gasteiger partial charge in [0.15, 0.2) is 0 Å². The third kappa shape index (κ3) is 1.75. The summed E-state index contributed by atoms with van der Waals surface area (Å²) in [4.78, 5) is 28.1. The molecule has 1 aromatic heterocycles. The summed E-state index contributed by atoms with van der Waals surface area (Å²) >= 11 is 0. The summed E-state index contributed by atoms with van der Waals surface area (Å²) in [6.45, 7) is 4.88. The summed E-state index contributed by atoms with van der Waals surface area (Å²) in [5, 5.41) is 3.37. The first-order chi connectivity index (χ1) is 8.66. The third-order valence-corrected chi connectivity index (χ3v) is 4.22. The molecule has 2 fully saturated rings. The maximum atomic E-state index is 12.4. The zero-order valence-corrected chi connectivity index (χ0v) is 10.3. The number of hydrogen-bond donors (Lipinski definition) is 2. The standard InChI is InChI=1S/C13H17N3O2/c1-8-11-6-14-5-10(11)7-16(8)13(18)9-2-3-15-12(17)4-9/h2-4,8,10-11,14H,5-7H2,1H3,(H,15,17). The van der Waals surface area contributed by atoms with E-state index in [0.29, 0.717) is 17.4 Å². The first-order valence-electron chi connectivity index (χ1n) is 6.37. The molecule has 2 aliphatic heterocycles. The summed E-state index contributed by atoms with van der Waals surface area (Å²) in [5.41, 5.74) is 0.257. The van der Waals surface area contributed by atoms with Crippen molar-refractivity contribution in [2.24, 2.45) is 11.8 Å². The molecule has 0 saturated carbocycles. The Kier molecular flexibility index (Phi) is 2.70. The minimum absolute atomic E-state index is 0.0250. The van der Waals surface area contributed by atoms with Crippen LogP contribution in [0.15, 0.2) is 23.1 Å². The third-order valence-electron chi connectivity index (χ3n) is 4.22. The lowest BCUT2D eigenvalue weighted by molar-refractivity contribution is 0.0728. The van der Waals surface area contributed by atoms with Crippen LogP contribution in [0, 0.1) is 11.8 Å². The van der Waals surface area contributed by atoms with Gasteiger partial charge in [-0.15, -0.1) is 0 Å². The van der Waals surface area contributed by atoms with E-state index in [1.54, 1.807) is 6.07 Å². The van der Waals surface area contributed by atoms with Crippen LogP contribution in [0.5, 0.6) is 0 Å².